The van der Waals surface area contributed by atoms with Gasteiger partial charge in [0.1, 0.15) is 12.7 Å². The second-order valence-electron chi connectivity index (χ2n) is 5.53. The Balaban J connectivity index is 2.15. The molecule has 1 N–H and O–H groups in total. The Labute approximate surface area is 169 Å². The van der Waals surface area contributed by atoms with Gasteiger partial charge in [0, 0.05) is 26.2 Å². The number of nitrogens with zero attached hydrogens (tertiary/aromatic N) is 3. The van der Waals surface area contributed by atoms with E-state index in [1.807, 2.05) is 0 Å². The molecule has 3 aromatic rings. The van der Waals surface area contributed by atoms with Gasteiger partial charge in [-0.3, -0.25) is 4.79 Å². The first kappa shape index (κ1) is 19.1. The first-order chi connectivity index (χ1) is 12.3. The highest BCUT2D eigenvalue weighted by Gasteiger charge is 2.41. The van der Waals surface area contributed by atoms with Crippen LogP contribution in [0.1, 0.15) is 15.9 Å². The van der Waals surface area contributed by atoms with E-state index in [0.29, 0.717) is 10.0 Å². The molecule has 0 unspecified atom stereocenters. The van der Waals surface area contributed by atoms with Crippen LogP contribution < -0.4 is 0 Å². The van der Waals surface area contributed by atoms with Crippen molar-refractivity contribution >= 4 is 52.2 Å². The maximum atomic E-state index is 13.2. The number of ketones is 1. The number of aromatic nitrogens is 3. The van der Waals surface area contributed by atoms with Gasteiger partial charge < -0.3 is 5.11 Å². The Morgan fingerprint density at radius 3 is 2.27 bits per heavy atom. The van der Waals surface area contributed by atoms with Crippen molar-refractivity contribution in [3.8, 4) is 0 Å². The van der Waals surface area contributed by atoms with Crippen LogP contribution in [0, 0.1) is 0 Å². The topological polar surface area (TPSA) is 68.0 Å². The van der Waals surface area contributed by atoms with Gasteiger partial charge in [0.2, 0.25) is 5.78 Å². The average molecular weight is 431 g/mol. The fraction of sp³-hybridized carbons (Fsp3) is 0.118. The summed E-state index contributed by atoms with van der Waals surface area (Å²) in [5, 5.41) is 16.3. The number of hydrogen-bond acceptors (Lipinski definition) is 4. The summed E-state index contributed by atoms with van der Waals surface area (Å²) in [4.78, 5) is 17.1. The number of halogens is 4. The molecule has 134 valence electrons. The van der Waals surface area contributed by atoms with Gasteiger partial charge in [0.05, 0.1) is 11.6 Å². The van der Waals surface area contributed by atoms with Gasteiger partial charge in [-0.15, -0.1) is 0 Å². The number of Topliss-reactive ketones (excluding diaryl/α,β-unsaturated/α-hetero) is 1. The van der Waals surface area contributed by atoms with Gasteiger partial charge >= 0.3 is 0 Å². The van der Waals surface area contributed by atoms with Crippen LogP contribution in [-0.2, 0) is 12.1 Å². The van der Waals surface area contributed by atoms with Crippen LogP contribution in [0.25, 0.3) is 0 Å². The lowest BCUT2D eigenvalue weighted by atomic mass is 9.85. The first-order valence-electron chi connectivity index (χ1n) is 7.31. The quantitative estimate of drug-likeness (QED) is 0.597. The minimum absolute atomic E-state index is 0.102. The largest absolute Gasteiger partial charge is 0.375 e. The van der Waals surface area contributed by atoms with Crippen LogP contribution in [0.5, 0.6) is 0 Å². The molecule has 0 saturated heterocycles. The lowest BCUT2D eigenvalue weighted by Crippen LogP contribution is -2.40. The first-order valence-corrected chi connectivity index (χ1v) is 8.82. The lowest BCUT2D eigenvalue weighted by molar-refractivity contribution is 0.0182. The fourth-order valence-corrected chi connectivity index (χ4v) is 3.61. The van der Waals surface area contributed by atoms with Crippen molar-refractivity contribution in [3.05, 3.63) is 80.3 Å². The lowest BCUT2D eigenvalue weighted by Gasteiger charge is -2.28. The zero-order valence-corrected chi connectivity index (χ0v) is 16.1. The number of carbonyl (C=O) groups excluding carboxylic acids is 1. The van der Waals surface area contributed by atoms with Crippen LogP contribution in [0.2, 0.25) is 20.1 Å². The molecule has 26 heavy (non-hydrogen) atoms. The van der Waals surface area contributed by atoms with Gasteiger partial charge in [-0.2, -0.15) is 5.10 Å². The number of rotatable bonds is 5. The Morgan fingerprint density at radius 2 is 1.69 bits per heavy atom. The van der Waals surface area contributed by atoms with Crippen molar-refractivity contribution in [2.45, 2.75) is 12.1 Å². The summed E-state index contributed by atoms with van der Waals surface area (Å²) < 4.78 is 1.33. The molecular weight excluding hydrogens is 420 g/mol. The summed E-state index contributed by atoms with van der Waals surface area (Å²) in [7, 11) is 0. The number of benzene rings is 2. The summed E-state index contributed by atoms with van der Waals surface area (Å²) in [6, 6.07) is 8.86. The highest BCUT2D eigenvalue weighted by molar-refractivity contribution is 6.37. The number of aliphatic hydroxyl groups is 1. The molecule has 0 aliphatic rings. The molecule has 0 fully saturated rings. The van der Waals surface area contributed by atoms with E-state index in [0.717, 1.165) is 0 Å². The zero-order chi connectivity index (χ0) is 18.9. The van der Waals surface area contributed by atoms with Crippen LogP contribution in [-0.4, -0.2) is 25.7 Å². The fourth-order valence-electron chi connectivity index (χ4n) is 2.55. The van der Waals surface area contributed by atoms with E-state index in [1.165, 1.54) is 53.7 Å². The van der Waals surface area contributed by atoms with Crippen molar-refractivity contribution in [1.29, 1.82) is 0 Å². The Hall–Kier alpha value is -1.63. The molecule has 0 saturated carbocycles. The minimum Gasteiger partial charge on any atom is -0.375 e. The molecule has 1 heterocycles. The van der Waals surface area contributed by atoms with E-state index < -0.39 is 11.4 Å². The molecule has 0 radical (unpaired) electrons. The highest BCUT2D eigenvalue weighted by atomic mass is 35.5. The maximum absolute atomic E-state index is 13.2. The standard InChI is InChI=1S/C17H11Cl4N3O2/c18-10-1-3-12(14(20)5-10)16(25)17(26,7-24-9-22-8-23-24)13-4-2-11(19)6-15(13)21/h1-6,8-9,26H,7H2/t17-/m0/s1. The van der Waals surface area contributed by atoms with Crippen LogP contribution in [0.3, 0.4) is 0 Å². The molecule has 2 aromatic carbocycles. The molecule has 0 aliphatic heterocycles. The summed E-state index contributed by atoms with van der Waals surface area (Å²) in [6.45, 7) is -0.216. The maximum Gasteiger partial charge on any atom is 0.202 e. The monoisotopic (exact) mass is 429 g/mol. The second-order valence-corrected chi connectivity index (χ2v) is 7.22. The number of carbonyl (C=O) groups is 1. The molecule has 3 rings (SSSR count). The third-order valence-electron chi connectivity index (χ3n) is 3.79. The van der Waals surface area contributed by atoms with Gasteiger partial charge in [-0.1, -0.05) is 52.5 Å². The predicted molar refractivity (Wildman–Crippen MR) is 101 cm³/mol. The van der Waals surface area contributed by atoms with Gasteiger partial charge in [0.15, 0.2) is 5.60 Å². The molecule has 5 nitrogen and oxygen atoms in total. The Bertz CT molecular complexity index is 963. The molecule has 9 heteroatoms. The Morgan fingerprint density at radius 1 is 1.04 bits per heavy atom. The molecule has 0 bridgehead atoms. The summed E-state index contributed by atoms with van der Waals surface area (Å²) in [5.41, 5.74) is -1.77. The normalized spacial score (nSPS) is 13.4. The molecule has 0 amide bonds. The van der Waals surface area contributed by atoms with Gasteiger partial charge in [-0.05, 0) is 30.3 Å². The van der Waals surface area contributed by atoms with Crippen molar-refractivity contribution in [3.63, 3.8) is 0 Å². The summed E-state index contributed by atoms with van der Waals surface area (Å²) >= 11 is 24.2. The molecule has 0 aliphatic carbocycles. The third-order valence-corrected chi connectivity index (χ3v) is 4.88. The third kappa shape index (κ3) is 3.72. The molecular formula is C17H11Cl4N3O2. The van der Waals surface area contributed by atoms with Crippen LogP contribution in [0.15, 0.2) is 49.1 Å². The number of hydrogen-bond donors (Lipinski definition) is 1. The van der Waals surface area contributed by atoms with Gasteiger partial charge in [0.25, 0.3) is 0 Å². The van der Waals surface area contributed by atoms with E-state index in [9.17, 15) is 9.90 Å². The van der Waals surface area contributed by atoms with E-state index in [4.69, 9.17) is 46.4 Å². The van der Waals surface area contributed by atoms with Crippen molar-refractivity contribution in [1.82, 2.24) is 14.8 Å². The van der Waals surface area contributed by atoms with Crippen LogP contribution >= 0.6 is 46.4 Å². The summed E-state index contributed by atoms with van der Waals surface area (Å²) in [6.07, 6.45) is 2.68. The van der Waals surface area contributed by atoms with E-state index >= 15 is 0 Å². The zero-order valence-electron chi connectivity index (χ0n) is 13.0. The molecule has 1 atom stereocenters. The average Bonchev–Trinajstić information content (AvgIpc) is 3.06. The SMILES string of the molecule is O=C(c1ccc(Cl)cc1Cl)[C@](O)(Cn1cncn1)c1ccc(Cl)cc1Cl. The summed E-state index contributed by atoms with van der Waals surface area (Å²) in [5.74, 6) is -0.654. The van der Waals surface area contributed by atoms with Crippen LogP contribution in [0.4, 0.5) is 0 Å². The van der Waals surface area contributed by atoms with Gasteiger partial charge in [-0.25, -0.2) is 9.67 Å². The Kier molecular flexibility index (Phi) is 5.55. The van der Waals surface area contributed by atoms with Crippen molar-refractivity contribution < 1.29 is 9.90 Å². The predicted octanol–water partition coefficient (Wildman–Crippen LogP) is 4.66. The van der Waals surface area contributed by atoms with E-state index in [2.05, 4.69) is 10.1 Å². The smallest absolute Gasteiger partial charge is 0.202 e. The van der Waals surface area contributed by atoms with Crippen molar-refractivity contribution in [2.24, 2.45) is 0 Å². The van der Waals surface area contributed by atoms with Crippen molar-refractivity contribution in [2.75, 3.05) is 0 Å². The minimum atomic E-state index is -2.05. The highest BCUT2D eigenvalue weighted by Crippen LogP contribution is 2.36. The van der Waals surface area contributed by atoms with E-state index in [1.54, 1.807) is 0 Å². The molecule has 1 aromatic heterocycles. The van der Waals surface area contributed by atoms with E-state index in [-0.39, 0.29) is 27.7 Å². The second kappa shape index (κ2) is 7.55. The molecule has 0 spiro atoms.